The van der Waals surface area contributed by atoms with Gasteiger partial charge in [-0.3, -0.25) is 9.59 Å². The molecule has 0 saturated heterocycles. The number of amides is 2. The van der Waals surface area contributed by atoms with Crippen LogP contribution < -0.4 is 11.1 Å². The SMILES string of the molecule is Cc1ccc(C(=O)N[C@@H](C)C(N)=O)c(Sc2ccccc2)c1. The molecule has 2 rings (SSSR count). The van der Waals surface area contributed by atoms with Crippen molar-refractivity contribution in [3.63, 3.8) is 0 Å². The second-order valence-corrected chi connectivity index (χ2v) is 6.13. The standard InChI is InChI=1S/C17H18N2O2S/c1-11-8-9-14(17(21)19-12(2)16(18)20)15(10-11)22-13-6-4-3-5-7-13/h3-10,12H,1-2H3,(H2,18,20)(H,19,21)/t12-/m0/s1. The smallest absolute Gasteiger partial charge is 0.253 e. The van der Waals surface area contributed by atoms with E-state index >= 15 is 0 Å². The van der Waals surface area contributed by atoms with Crippen molar-refractivity contribution in [3.05, 3.63) is 59.7 Å². The summed E-state index contributed by atoms with van der Waals surface area (Å²) in [5.74, 6) is -0.859. The summed E-state index contributed by atoms with van der Waals surface area (Å²) >= 11 is 1.52. The lowest BCUT2D eigenvalue weighted by molar-refractivity contribution is -0.119. The lowest BCUT2D eigenvalue weighted by atomic mass is 10.1. The van der Waals surface area contributed by atoms with Crippen molar-refractivity contribution in [2.45, 2.75) is 29.7 Å². The molecule has 0 aliphatic rings. The van der Waals surface area contributed by atoms with Crippen LogP contribution in [0.2, 0.25) is 0 Å². The van der Waals surface area contributed by atoms with E-state index in [1.165, 1.54) is 11.8 Å². The number of nitrogens with one attached hydrogen (secondary N) is 1. The van der Waals surface area contributed by atoms with Gasteiger partial charge in [-0.25, -0.2) is 0 Å². The molecule has 0 fully saturated rings. The predicted octanol–water partition coefficient (Wildman–Crippen LogP) is 2.75. The number of hydrogen-bond acceptors (Lipinski definition) is 3. The van der Waals surface area contributed by atoms with Gasteiger partial charge in [0.1, 0.15) is 6.04 Å². The highest BCUT2D eigenvalue weighted by Gasteiger charge is 2.17. The van der Waals surface area contributed by atoms with Crippen LogP contribution in [0.1, 0.15) is 22.8 Å². The van der Waals surface area contributed by atoms with E-state index in [-0.39, 0.29) is 5.91 Å². The molecule has 4 nitrogen and oxygen atoms in total. The number of carbonyl (C=O) groups is 2. The predicted molar refractivity (Wildman–Crippen MR) is 87.9 cm³/mol. The maximum Gasteiger partial charge on any atom is 0.253 e. The Morgan fingerprint density at radius 3 is 2.45 bits per heavy atom. The third-order valence-electron chi connectivity index (χ3n) is 3.13. The zero-order valence-electron chi connectivity index (χ0n) is 12.5. The second-order valence-electron chi connectivity index (χ2n) is 5.01. The first-order valence-electron chi connectivity index (χ1n) is 6.91. The van der Waals surface area contributed by atoms with E-state index in [4.69, 9.17) is 5.73 Å². The number of hydrogen-bond donors (Lipinski definition) is 2. The van der Waals surface area contributed by atoms with Gasteiger partial charge in [0, 0.05) is 9.79 Å². The Balaban J connectivity index is 2.28. The van der Waals surface area contributed by atoms with Crippen LogP contribution >= 0.6 is 11.8 Å². The minimum Gasteiger partial charge on any atom is -0.368 e. The van der Waals surface area contributed by atoms with Gasteiger partial charge < -0.3 is 11.1 Å². The van der Waals surface area contributed by atoms with Crippen LogP contribution in [0.25, 0.3) is 0 Å². The molecule has 2 aromatic carbocycles. The van der Waals surface area contributed by atoms with Gasteiger partial charge in [0.25, 0.3) is 5.91 Å². The summed E-state index contributed by atoms with van der Waals surface area (Å²) in [6.45, 7) is 3.54. The molecule has 0 aromatic heterocycles. The number of aryl methyl sites for hydroxylation is 1. The van der Waals surface area contributed by atoms with Crippen molar-refractivity contribution >= 4 is 23.6 Å². The highest BCUT2D eigenvalue weighted by atomic mass is 32.2. The van der Waals surface area contributed by atoms with E-state index in [0.29, 0.717) is 5.56 Å². The first kappa shape index (κ1) is 16.1. The topological polar surface area (TPSA) is 72.2 Å². The number of rotatable bonds is 5. The molecule has 0 saturated carbocycles. The van der Waals surface area contributed by atoms with Crippen LogP contribution in [0, 0.1) is 6.92 Å². The highest BCUT2D eigenvalue weighted by molar-refractivity contribution is 7.99. The van der Waals surface area contributed by atoms with Gasteiger partial charge >= 0.3 is 0 Å². The zero-order chi connectivity index (χ0) is 16.1. The molecule has 0 spiro atoms. The third-order valence-corrected chi connectivity index (χ3v) is 4.19. The number of benzene rings is 2. The Hall–Kier alpha value is -2.27. The van der Waals surface area contributed by atoms with Crippen LogP contribution in [0.15, 0.2) is 58.3 Å². The summed E-state index contributed by atoms with van der Waals surface area (Å²) < 4.78 is 0. The van der Waals surface area contributed by atoms with Crippen LogP contribution in [0.3, 0.4) is 0 Å². The molecule has 0 aliphatic carbocycles. The summed E-state index contributed by atoms with van der Waals surface area (Å²) in [5.41, 5.74) is 6.79. The Bertz CT molecular complexity index is 686. The highest BCUT2D eigenvalue weighted by Crippen LogP contribution is 2.31. The lowest BCUT2D eigenvalue weighted by Crippen LogP contribution is -2.42. The van der Waals surface area contributed by atoms with E-state index in [0.717, 1.165) is 15.4 Å². The molecule has 0 bridgehead atoms. The quantitative estimate of drug-likeness (QED) is 0.891. The van der Waals surface area contributed by atoms with Gasteiger partial charge in [-0.1, -0.05) is 36.0 Å². The summed E-state index contributed by atoms with van der Waals surface area (Å²) in [6.07, 6.45) is 0. The minimum atomic E-state index is -0.705. The molecule has 2 amide bonds. The molecule has 1 atom stereocenters. The Morgan fingerprint density at radius 2 is 1.82 bits per heavy atom. The van der Waals surface area contributed by atoms with E-state index < -0.39 is 11.9 Å². The van der Waals surface area contributed by atoms with Crippen LogP contribution in [0.5, 0.6) is 0 Å². The van der Waals surface area contributed by atoms with Gasteiger partial charge in [-0.15, -0.1) is 0 Å². The number of nitrogens with two attached hydrogens (primary N) is 1. The van der Waals surface area contributed by atoms with Crippen molar-refractivity contribution in [1.82, 2.24) is 5.32 Å². The van der Waals surface area contributed by atoms with Crippen LogP contribution in [-0.4, -0.2) is 17.9 Å². The average molecular weight is 314 g/mol. The normalized spacial score (nSPS) is 11.7. The van der Waals surface area contributed by atoms with Crippen molar-refractivity contribution in [2.24, 2.45) is 5.73 Å². The number of primary amides is 1. The second kappa shape index (κ2) is 7.13. The molecule has 22 heavy (non-hydrogen) atoms. The van der Waals surface area contributed by atoms with Gasteiger partial charge in [0.15, 0.2) is 0 Å². The number of carbonyl (C=O) groups excluding carboxylic acids is 2. The molecule has 0 aliphatic heterocycles. The fraction of sp³-hybridized carbons (Fsp3) is 0.176. The Kier molecular flexibility index (Phi) is 5.22. The molecule has 5 heteroatoms. The summed E-state index contributed by atoms with van der Waals surface area (Å²) in [7, 11) is 0. The van der Waals surface area contributed by atoms with Crippen LogP contribution in [0.4, 0.5) is 0 Å². The lowest BCUT2D eigenvalue weighted by Gasteiger charge is -2.13. The molecule has 0 radical (unpaired) electrons. The minimum absolute atomic E-state index is 0.301. The molecule has 3 N–H and O–H groups in total. The van der Waals surface area contributed by atoms with Crippen molar-refractivity contribution in [2.75, 3.05) is 0 Å². The Labute approximate surface area is 134 Å². The summed E-state index contributed by atoms with van der Waals surface area (Å²) in [6, 6.07) is 14.7. The molecular formula is C17H18N2O2S. The van der Waals surface area contributed by atoms with Crippen molar-refractivity contribution in [3.8, 4) is 0 Å². The van der Waals surface area contributed by atoms with Crippen LogP contribution in [-0.2, 0) is 4.79 Å². The fourth-order valence-corrected chi connectivity index (χ4v) is 2.93. The molecular weight excluding hydrogens is 296 g/mol. The molecule has 2 aromatic rings. The maximum absolute atomic E-state index is 12.3. The zero-order valence-corrected chi connectivity index (χ0v) is 13.3. The van der Waals surface area contributed by atoms with Gasteiger partial charge in [-0.05, 0) is 43.7 Å². The van der Waals surface area contributed by atoms with E-state index in [2.05, 4.69) is 5.32 Å². The third kappa shape index (κ3) is 4.11. The summed E-state index contributed by atoms with van der Waals surface area (Å²) in [5, 5.41) is 2.61. The molecule has 0 unspecified atom stereocenters. The largest absolute Gasteiger partial charge is 0.368 e. The monoisotopic (exact) mass is 314 g/mol. The molecule has 114 valence electrons. The summed E-state index contributed by atoms with van der Waals surface area (Å²) in [4.78, 5) is 25.3. The van der Waals surface area contributed by atoms with Crippen molar-refractivity contribution < 1.29 is 9.59 Å². The maximum atomic E-state index is 12.3. The van der Waals surface area contributed by atoms with E-state index in [1.54, 1.807) is 13.0 Å². The van der Waals surface area contributed by atoms with E-state index in [9.17, 15) is 9.59 Å². The van der Waals surface area contributed by atoms with Gasteiger partial charge in [0.2, 0.25) is 5.91 Å². The fourth-order valence-electron chi connectivity index (χ4n) is 1.86. The van der Waals surface area contributed by atoms with Gasteiger partial charge in [-0.2, -0.15) is 0 Å². The van der Waals surface area contributed by atoms with E-state index in [1.807, 2.05) is 49.4 Å². The average Bonchev–Trinajstić information content (AvgIpc) is 2.48. The first-order valence-corrected chi connectivity index (χ1v) is 7.73. The van der Waals surface area contributed by atoms with Gasteiger partial charge in [0.05, 0.1) is 5.56 Å². The Morgan fingerprint density at radius 1 is 1.14 bits per heavy atom. The molecule has 0 heterocycles. The first-order chi connectivity index (χ1) is 10.5. The van der Waals surface area contributed by atoms with Crippen molar-refractivity contribution in [1.29, 1.82) is 0 Å².